The summed E-state index contributed by atoms with van der Waals surface area (Å²) in [5.74, 6) is -0.400. The number of likely N-dealkylation sites (tertiary alicyclic amines) is 2. The van der Waals surface area contributed by atoms with Gasteiger partial charge in [-0.1, -0.05) is 12.1 Å². The number of aliphatic hydroxyl groups is 1. The van der Waals surface area contributed by atoms with Crippen LogP contribution in [-0.4, -0.2) is 71.9 Å². The first kappa shape index (κ1) is 26.3. The smallest absolute Gasteiger partial charge is 0.264 e. The Bertz CT molecular complexity index is 1580. The number of halogens is 1. The maximum Gasteiger partial charge on any atom is 0.264 e. The van der Waals surface area contributed by atoms with E-state index >= 15 is 0 Å². The van der Waals surface area contributed by atoms with Gasteiger partial charge in [0.1, 0.15) is 17.5 Å². The van der Waals surface area contributed by atoms with E-state index < -0.39 is 5.60 Å². The van der Waals surface area contributed by atoms with Crippen LogP contribution in [0.2, 0.25) is 0 Å². The maximum atomic E-state index is 13.3. The van der Waals surface area contributed by atoms with Crippen molar-refractivity contribution >= 4 is 16.9 Å². The lowest BCUT2D eigenvalue weighted by Gasteiger charge is -2.38. The van der Waals surface area contributed by atoms with Gasteiger partial charge < -0.3 is 10.0 Å². The molecule has 1 unspecified atom stereocenters. The Kier molecular flexibility index (Phi) is 6.97. The van der Waals surface area contributed by atoms with E-state index in [1.54, 1.807) is 17.0 Å². The van der Waals surface area contributed by atoms with Crippen LogP contribution in [0.4, 0.5) is 4.39 Å². The first-order chi connectivity index (χ1) is 19.3. The van der Waals surface area contributed by atoms with Crippen LogP contribution in [0.15, 0.2) is 65.8 Å². The van der Waals surface area contributed by atoms with Crippen LogP contribution in [0.5, 0.6) is 0 Å². The molecule has 1 amide bonds. The molecule has 2 aliphatic rings. The second-order valence-corrected chi connectivity index (χ2v) is 11.0. The van der Waals surface area contributed by atoms with Crippen LogP contribution < -0.4 is 5.56 Å². The molecule has 2 fully saturated rings. The summed E-state index contributed by atoms with van der Waals surface area (Å²) in [5.41, 5.74) is 1.31. The summed E-state index contributed by atoms with van der Waals surface area (Å²) in [5, 5.41) is 15.9. The summed E-state index contributed by atoms with van der Waals surface area (Å²) in [4.78, 5) is 35.2. The summed E-state index contributed by atoms with van der Waals surface area (Å²) in [6, 6.07) is 13.9. The molecule has 4 aromatic rings. The minimum absolute atomic E-state index is 0.0361. The Morgan fingerprint density at radius 3 is 2.52 bits per heavy atom. The average molecular weight is 545 g/mol. The molecule has 6 rings (SSSR count). The first-order valence-corrected chi connectivity index (χ1v) is 13.9. The van der Waals surface area contributed by atoms with Crippen molar-refractivity contribution in [2.75, 3.05) is 26.2 Å². The highest BCUT2D eigenvalue weighted by Crippen LogP contribution is 2.28. The van der Waals surface area contributed by atoms with Crippen molar-refractivity contribution < 1.29 is 14.3 Å². The Morgan fingerprint density at radius 2 is 1.80 bits per heavy atom. The SMILES string of the molecule is CC(c1cccc(C(=O)N2CCC(O)(Cn3cnc4c(cnn4-c4ccc(F)cc4)c3=O)CC2)c1)N1CCCC1. The summed E-state index contributed by atoms with van der Waals surface area (Å²) in [6.07, 6.45) is 5.98. The molecule has 0 bridgehead atoms. The van der Waals surface area contributed by atoms with Crippen molar-refractivity contribution in [2.45, 2.75) is 50.8 Å². The van der Waals surface area contributed by atoms with E-state index in [1.165, 1.54) is 46.7 Å². The molecule has 2 saturated heterocycles. The van der Waals surface area contributed by atoms with Crippen LogP contribution in [0.3, 0.4) is 0 Å². The molecular weight excluding hydrogens is 511 g/mol. The summed E-state index contributed by atoms with van der Waals surface area (Å²) in [6.45, 7) is 5.24. The second kappa shape index (κ2) is 10.6. The lowest BCUT2D eigenvalue weighted by atomic mass is 9.90. The van der Waals surface area contributed by atoms with E-state index in [0.29, 0.717) is 48.2 Å². The standard InChI is InChI=1S/C30H33FN6O3/c1-21(34-13-2-3-14-34)22-5-4-6-23(17-22)28(38)35-15-11-30(40,12-16-35)19-36-20-32-27-26(29(36)39)18-33-37(27)25-9-7-24(31)8-10-25/h4-10,17-18,20-21,40H,2-3,11-16,19H2,1H3. The number of rotatable bonds is 6. The number of fused-ring (bicyclic) bond motifs is 1. The van der Waals surface area contributed by atoms with Gasteiger partial charge in [-0.05, 0) is 87.7 Å². The zero-order valence-corrected chi connectivity index (χ0v) is 22.5. The van der Waals surface area contributed by atoms with Crippen molar-refractivity contribution in [2.24, 2.45) is 0 Å². The normalized spacial score (nSPS) is 18.3. The van der Waals surface area contributed by atoms with Crippen molar-refractivity contribution in [3.63, 3.8) is 0 Å². The number of hydrogen-bond donors (Lipinski definition) is 1. The van der Waals surface area contributed by atoms with Crippen LogP contribution in [-0.2, 0) is 6.54 Å². The van der Waals surface area contributed by atoms with Crippen LogP contribution in [0.1, 0.15) is 54.6 Å². The molecule has 40 heavy (non-hydrogen) atoms. The third-order valence-corrected chi connectivity index (χ3v) is 8.38. The van der Waals surface area contributed by atoms with Gasteiger partial charge in [-0.3, -0.25) is 19.1 Å². The van der Waals surface area contributed by atoms with E-state index in [9.17, 15) is 19.1 Å². The fourth-order valence-electron chi connectivity index (χ4n) is 5.89. The quantitative estimate of drug-likeness (QED) is 0.399. The predicted molar refractivity (Wildman–Crippen MR) is 149 cm³/mol. The van der Waals surface area contributed by atoms with Gasteiger partial charge in [0.05, 0.1) is 24.0 Å². The fourth-order valence-corrected chi connectivity index (χ4v) is 5.89. The monoisotopic (exact) mass is 544 g/mol. The molecule has 0 spiro atoms. The number of amides is 1. The van der Waals surface area contributed by atoms with Gasteiger partial charge in [-0.2, -0.15) is 5.10 Å². The lowest BCUT2D eigenvalue weighted by Crippen LogP contribution is -2.49. The van der Waals surface area contributed by atoms with Crippen molar-refractivity contribution in [3.8, 4) is 5.69 Å². The van der Waals surface area contributed by atoms with E-state index in [1.807, 2.05) is 18.2 Å². The summed E-state index contributed by atoms with van der Waals surface area (Å²) >= 11 is 0. The van der Waals surface area contributed by atoms with Gasteiger partial charge in [0.2, 0.25) is 0 Å². The molecular formula is C30H33FN6O3. The Morgan fingerprint density at radius 1 is 1.07 bits per heavy atom. The Labute approximate surface area is 231 Å². The largest absolute Gasteiger partial charge is 0.388 e. The minimum atomic E-state index is -1.14. The molecule has 2 aromatic heterocycles. The van der Waals surface area contributed by atoms with Gasteiger partial charge >= 0.3 is 0 Å². The van der Waals surface area contributed by atoms with Gasteiger partial charge in [-0.25, -0.2) is 14.1 Å². The summed E-state index contributed by atoms with van der Waals surface area (Å²) < 4.78 is 16.2. The average Bonchev–Trinajstić information content (AvgIpc) is 3.66. The number of carbonyl (C=O) groups excluding carboxylic acids is 1. The van der Waals surface area contributed by atoms with E-state index in [-0.39, 0.29) is 29.9 Å². The zero-order chi connectivity index (χ0) is 27.9. The molecule has 9 nitrogen and oxygen atoms in total. The number of benzene rings is 2. The molecule has 0 aliphatic carbocycles. The third-order valence-electron chi connectivity index (χ3n) is 8.38. The fraction of sp³-hybridized carbons (Fsp3) is 0.400. The van der Waals surface area contributed by atoms with Crippen molar-refractivity contribution in [1.82, 2.24) is 29.1 Å². The number of aromatic nitrogens is 4. The lowest BCUT2D eigenvalue weighted by molar-refractivity contribution is -0.0299. The number of hydrogen-bond acceptors (Lipinski definition) is 6. The molecule has 2 aromatic carbocycles. The molecule has 1 atom stereocenters. The highest BCUT2D eigenvalue weighted by Gasteiger charge is 2.35. The van der Waals surface area contributed by atoms with Gasteiger partial charge in [0.15, 0.2) is 5.65 Å². The third kappa shape index (κ3) is 5.04. The van der Waals surface area contributed by atoms with E-state index in [2.05, 4.69) is 28.0 Å². The van der Waals surface area contributed by atoms with Crippen molar-refractivity contribution in [3.05, 3.63) is 88.4 Å². The molecule has 0 saturated carbocycles. The number of nitrogens with zero attached hydrogens (tertiary/aromatic N) is 6. The molecule has 10 heteroatoms. The minimum Gasteiger partial charge on any atom is -0.388 e. The topological polar surface area (TPSA) is 96.5 Å². The number of piperidine rings is 1. The maximum absolute atomic E-state index is 13.3. The highest BCUT2D eigenvalue weighted by atomic mass is 19.1. The zero-order valence-electron chi connectivity index (χ0n) is 22.5. The predicted octanol–water partition coefficient (Wildman–Crippen LogP) is 3.55. The Hall–Kier alpha value is -3.89. The van der Waals surface area contributed by atoms with Crippen LogP contribution >= 0.6 is 0 Å². The summed E-state index contributed by atoms with van der Waals surface area (Å²) in [7, 11) is 0. The van der Waals surface area contributed by atoms with Crippen LogP contribution in [0, 0.1) is 5.82 Å². The molecule has 2 aliphatic heterocycles. The van der Waals surface area contributed by atoms with Gasteiger partial charge in [-0.15, -0.1) is 0 Å². The number of carbonyl (C=O) groups is 1. The molecule has 1 N–H and O–H groups in total. The molecule has 208 valence electrons. The van der Waals surface area contributed by atoms with E-state index in [0.717, 1.165) is 18.7 Å². The first-order valence-electron chi connectivity index (χ1n) is 13.9. The molecule has 4 heterocycles. The van der Waals surface area contributed by atoms with Gasteiger partial charge in [0, 0.05) is 24.7 Å². The highest BCUT2D eigenvalue weighted by molar-refractivity contribution is 5.94. The van der Waals surface area contributed by atoms with Crippen molar-refractivity contribution in [1.29, 1.82) is 0 Å². The van der Waals surface area contributed by atoms with Crippen LogP contribution in [0.25, 0.3) is 16.7 Å². The Balaban J connectivity index is 1.13. The molecule has 0 radical (unpaired) electrons. The van der Waals surface area contributed by atoms with Gasteiger partial charge in [0.25, 0.3) is 11.5 Å². The second-order valence-electron chi connectivity index (χ2n) is 11.0. The van der Waals surface area contributed by atoms with E-state index in [4.69, 9.17) is 0 Å².